The number of rotatable bonds is 19. The van der Waals surface area contributed by atoms with E-state index in [2.05, 4.69) is 50.0 Å². The minimum atomic E-state index is -0.581. The Balaban J connectivity index is -0.000000394. The minimum Gasteiger partial charge on any atom is -0.460 e. The number of nitrogens with one attached hydrogen (secondary N) is 4. The lowest BCUT2D eigenvalue weighted by molar-refractivity contribution is -0.163. The molecule has 2 heterocycles. The van der Waals surface area contributed by atoms with Crippen LogP contribution in [-0.2, 0) is 90.7 Å². The van der Waals surface area contributed by atoms with Gasteiger partial charge in [0.05, 0.1) is 0 Å². The lowest BCUT2D eigenvalue weighted by Crippen LogP contribution is -2.37. The van der Waals surface area contributed by atoms with E-state index in [1.165, 1.54) is 31.2 Å². The van der Waals surface area contributed by atoms with E-state index in [0.29, 0.717) is 13.1 Å². The number of aliphatic hydroxyl groups is 1. The van der Waals surface area contributed by atoms with Crippen LogP contribution in [0.5, 0.6) is 0 Å². The van der Waals surface area contributed by atoms with E-state index in [9.17, 15) is 43.2 Å². The standard InChI is InChI=1S/C15H23N3O6.C10H16N4O4.C6H12O3.C6H12O2.CH4.P2S2/c1-15(2,3)24-14(22)10-23-17-8-7-16-11(19)6-9-18-12(20)4-5-13(18)21;11-7-18-13-5-4-12-8(15)3-6-14-9(16)1-2-10(14)17;1-6(2,3)9-5(8)4-7;1-5(7)8-6(2,3)4;;3-1-2-4/h4-5,17H,6-10H2,1-3H3,(H,16,19);1-2,13H,3-7,11H2,(H,12,15);7H,4H2,1-3H3;1-4H3;1H4;. The highest BCUT2D eigenvalue weighted by Gasteiger charge is 2.24. The summed E-state index contributed by atoms with van der Waals surface area (Å²) in [6, 6.07) is 0. The number of hydrogen-bond acceptors (Lipinski definition) is 20. The van der Waals surface area contributed by atoms with Crippen LogP contribution >= 0.6 is 14.1 Å². The van der Waals surface area contributed by atoms with Gasteiger partial charge in [-0.15, -0.1) is 0 Å². The van der Waals surface area contributed by atoms with Crippen LogP contribution in [0.15, 0.2) is 24.3 Å². The summed E-state index contributed by atoms with van der Waals surface area (Å²) in [4.78, 5) is 111. The van der Waals surface area contributed by atoms with Crippen molar-refractivity contribution < 1.29 is 72.1 Å². The fourth-order valence-corrected chi connectivity index (χ4v) is 3.90. The van der Waals surface area contributed by atoms with Crippen molar-refractivity contribution in [2.75, 3.05) is 59.2 Å². The van der Waals surface area contributed by atoms with Gasteiger partial charge < -0.3 is 35.7 Å². The molecule has 0 spiro atoms. The highest BCUT2D eigenvalue weighted by atomic mass is 32.7. The number of ether oxygens (including phenoxy) is 3. The Morgan fingerprint density at radius 3 is 1.23 bits per heavy atom. The van der Waals surface area contributed by atoms with Gasteiger partial charge in [0, 0.05) is 97.4 Å². The van der Waals surface area contributed by atoms with E-state index >= 15 is 0 Å². The molecule has 2 aliphatic rings. The molecule has 0 fully saturated rings. The summed E-state index contributed by atoms with van der Waals surface area (Å²) in [7, 11) is 1.74. The Hall–Kier alpha value is -4.09. The van der Waals surface area contributed by atoms with E-state index in [1.54, 1.807) is 41.5 Å². The van der Waals surface area contributed by atoms with Gasteiger partial charge in [-0.05, 0) is 85.9 Å². The fraction of sp³-hybridized carbons (Fsp3) is 0.658. The van der Waals surface area contributed by atoms with Crippen molar-refractivity contribution in [3.8, 4) is 0 Å². The molecule has 0 saturated heterocycles. The van der Waals surface area contributed by atoms with Crippen molar-refractivity contribution in [3.05, 3.63) is 24.3 Å². The third-order valence-corrected chi connectivity index (χ3v) is 8.62. The van der Waals surface area contributed by atoms with Gasteiger partial charge in [-0.25, -0.2) is 15.1 Å². The van der Waals surface area contributed by atoms with Gasteiger partial charge in [0.2, 0.25) is 11.8 Å². The molecular formula is C38H67N7O15P2S2. The van der Waals surface area contributed by atoms with Crippen LogP contribution in [0.25, 0.3) is 0 Å². The summed E-state index contributed by atoms with van der Waals surface area (Å²) in [6.07, 6.45) is 4.83. The Morgan fingerprint density at radius 2 is 0.969 bits per heavy atom. The minimum absolute atomic E-state index is 0. The smallest absolute Gasteiger partial charge is 0.334 e. The summed E-state index contributed by atoms with van der Waals surface area (Å²) in [5.74, 6) is -3.42. The number of hydrogen-bond donors (Lipinski definition) is 6. The van der Waals surface area contributed by atoms with E-state index in [0.717, 1.165) is 23.9 Å². The molecule has 6 amide bonds. The molecule has 0 unspecified atom stereocenters. The highest BCUT2D eigenvalue weighted by Crippen LogP contribution is 2.11. The van der Waals surface area contributed by atoms with Crippen molar-refractivity contribution in [1.82, 2.24) is 31.4 Å². The lowest BCUT2D eigenvalue weighted by atomic mass is 10.2. The maximum Gasteiger partial charge on any atom is 0.334 e. The van der Waals surface area contributed by atoms with Crippen LogP contribution in [-0.4, -0.2) is 144 Å². The first kappa shape index (κ1) is 66.5. The van der Waals surface area contributed by atoms with Gasteiger partial charge in [0.25, 0.3) is 23.6 Å². The molecule has 0 aromatic rings. The van der Waals surface area contributed by atoms with Crippen LogP contribution in [0.1, 0.15) is 89.5 Å². The van der Waals surface area contributed by atoms with Gasteiger partial charge in [-0.1, -0.05) is 7.43 Å². The number of nitrogens with zero attached hydrogens (tertiary/aromatic N) is 2. The Kier molecular flexibility index (Phi) is 38.6. The average molecular weight is 988 g/mol. The molecule has 64 heavy (non-hydrogen) atoms. The Bertz CT molecular complexity index is 1540. The highest BCUT2D eigenvalue weighted by molar-refractivity contribution is 8.40. The molecule has 366 valence electrons. The van der Waals surface area contributed by atoms with Gasteiger partial charge >= 0.3 is 17.9 Å². The molecule has 26 heteroatoms. The quantitative estimate of drug-likeness (QED) is 0.0201. The van der Waals surface area contributed by atoms with Crippen molar-refractivity contribution in [1.29, 1.82) is 0 Å². The number of nitrogens with two attached hydrogens (primary N) is 1. The molecule has 0 saturated carbocycles. The Morgan fingerprint density at radius 1 is 0.625 bits per heavy atom. The third-order valence-electron chi connectivity index (χ3n) is 5.95. The summed E-state index contributed by atoms with van der Waals surface area (Å²) >= 11 is 8.82. The first-order chi connectivity index (χ1) is 29.1. The molecule has 0 radical (unpaired) electrons. The van der Waals surface area contributed by atoms with Crippen LogP contribution in [0.3, 0.4) is 0 Å². The number of esters is 3. The first-order valence-corrected chi connectivity index (χ1v) is 23.5. The number of imide groups is 2. The maximum absolute atomic E-state index is 11.6. The number of carbonyl (C=O) groups excluding carboxylic acids is 9. The molecular weight excluding hydrogens is 921 g/mol. The van der Waals surface area contributed by atoms with Gasteiger partial charge in [-0.3, -0.25) is 53.0 Å². The summed E-state index contributed by atoms with van der Waals surface area (Å²) < 4.78 is 14.5. The molecule has 2 aliphatic heterocycles. The fourth-order valence-electron chi connectivity index (χ4n) is 3.90. The number of hydroxylamine groups is 2. The summed E-state index contributed by atoms with van der Waals surface area (Å²) in [5, 5.41) is 13.4. The normalized spacial score (nSPS) is 12.9. The number of carbonyl (C=O) groups is 9. The van der Waals surface area contributed by atoms with Crippen molar-refractivity contribution in [2.45, 2.75) is 106 Å². The monoisotopic (exact) mass is 987 g/mol. The molecule has 2 rings (SSSR count). The summed E-state index contributed by atoms with van der Waals surface area (Å²) in [6.45, 7) is 18.2. The van der Waals surface area contributed by atoms with Crippen molar-refractivity contribution in [3.63, 3.8) is 0 Å². The van der Waals surface area contributed by atoms with E-state index in [-0.39, 0.29) is 95.0 Å². The zero-order chi connectivity index (χ0) is 49.2. The van der Waals surface area contributed by atoms with E-state index in [1.807, 2.05) is 20.8 Å². The van der Waals surface area contributed by atoms with E-state index < -0.39 is 41.6 Å². The van der Waals surface area contributed by atoms with Gasteiger partial charge in [-0.2, -0.15) is 5.48 Å². The molecule has 0 atom stereocenters. The number of aliphatic hydroxyl groups excluding tert-OH is 1. The van der Waals surface area contributed by atoms with E-state index in [4.69, 9.17) is 29.9 Å². The second-order valence-corrected chi connectivity index (χ2v) is 19.4. The largest absolute Gasteiger partial charge is 0.460 e. The van der Waals surface area contributed by atoms with Crippen LogP contribution in [0, 0.1) is 0 Å². The zero-order valence-electron chi connectivity index (χ0n) is 37.4. The molecule has 0 aromatic carbocycles. The second kappa shape index (κ2) is 37.2. The molecule has 0 bridgehead atoms. The predicted molar refractivity (Wildman–Crippen MR) is 245 cm³/mol. The van der Waals surface area contributed by atoms with Crippen LogP contribution in [0.2, 0.25) is 0 Å². The van der Waals surface area contributed by atoms with Gasteiger partial charge in [0.15, 0.2) is 6.61 Å². The zero-order valence-corrected chi connectivity index (χ0v) is 40.9. The second-order valence-electron chi connectivity index (χ2n) is 15.1. The molecule has 0 aliphatic carbocycles. The summed E-state index contributed by atoms with van der Waals surface area (Å²) in [5.41, 5.74) is 8.74. The molecule has 22 nitrogen and oxygen atoms in total. The maximum atomic E-state index is 11.6. The topological polar surface area (TPSA) is 301 Å². The predicted octanol–water partition coefficient (Wildman–Crippen LogP) is 1.16. The van der Waals surface area contributed by atoms with Crippen molar-refractivity contribution >= 4 is 91.1 Å². The third kappa shape index (κ3) is 43.2. The first-order valence-electron chi connectivity index (χ1n) is 19.0. The van der Waals surface area contributed by atoms with Crippen LogP contribution < -0.4 is 27.3 Å². The molecule has 0 aromatic heterocycles. The van der Waals surface area contributed by atoms with Crippen molar-refractivity contribution in [2.24, 2.45) is 5.73 Å². The van der Waals surface area contributed by atoms with Crippen LogP contribution in [0.4, 0.5) is 0 Å². The number of amides is 6. The lowest BCUT2D eigenvalue weighted by Gasteiger charge is -2.19. The molecule has 7 N–H and O–H groups in total. The SMILES string of the molecule is C.CC(=O)OC(C)(C)C.CC(C)(C)OC(=O)CO.CC(C)(C)OC(=O)CONCCNC(=O)CCN1C(=O)C=CC1=O.NCONCCNC(=O)CCN1C(=O)C=CC1=O.S=PP=S. The van der Waals surface area contributed by atoms with Gasteiger partial charge in [0.1, 0.15) is 30.1 Å². The average Bonchev–Trinajstić information content (AvgIpc) is 3.66. The Labute approximate surface area is 388 Å².